The molecule has 76 valence electrons. The first kappa shape index (κ1) is 11.4. The van der Waals surface area contributed by atoms with E-state index in [9.17, 15) is 18.5 Å². The van der Waals surface area contributed by atoms with E-state index in [0.717, 1.165) is 0 Å². The molecule has 0 saturated heterocycles. The number of hydrogen-bond acceptors (Lipinski definition) is 4. The minimum Gasteiger partial charge on any atom is -0.258 e. The van der Waals surface area contributed by atoms with Crippen LogP contribution < -0.4 is 0 Å². The van der Waals surface area contributed by atoms with Crippen molar-refractivity contribution in [1.82, 2.24) is 0 Å². The molecule has 7 heteroatoms. The summed E-state index contributed by atoms with van der Waals surface area (Å²) in [7, 11) is -2.54. The summed E-state index contributed by atoms with van der Waals surface area (Å²) in [6.45, 7) is 0. The Kier molecular flexibility index (Phi) is 3.81. The first-order chi connectivity index (χ1) is 6.50. The van der Waals surface area contributed by atoms with Crippen LogP contribution in [0.15, 0.2) is 18.2 Å². The zero-order chi connectivity index (χ0) is 10.7. The average Bonchev–Trinajstić information content (AvgIpc) is 2.07. The van der Waals surface area contributed by atoms with Gasteiger partial charge in [0.1, 0.15) is 10.7 Å². The molecule has 0 aliphatic carbocycles. The summed E-state index contributed by atoms with van der Waals surface area (Å²) in [5.74, 6) is -0.160. The Hall–Kier alpha value is -0.700. The quantitative estimate of drug-likeness (QED) is 0.393. The minimum atomic E-state index is -2.54. The van der Waals surface area contributed by atoms with Crippen LogP contribution in [0, 0.1) is 13.7 Å². The standard InChI is InChI=1S/C7H6INO4S/c8-6-2-1-5(4-14(12)13)3-7(6)9(10)11/h1-3,14H,4H2. The van der Waals surface area contributed by atoms with Crippen molar-refractivity contribution >= 4 is 39.0 Å². The summed E-state index contributed by atoms with van der Waals surface area (Å²) in [5, 5.41) is 10.5. The molecule has 0 unspecified atom stereocenters. The number of hydrogen-bond donors (Lipinski definition) is 1. The van der Waals surface area contributed by atoms with Crippen LogP contribution in [0.2, 0.25) is 0 Å². The average molecular weight is 327 g/mol. The summed E-state index contributed by atoms with van der Waals surface area (Å²) >= 11 is 1.83. The summed E-state index contributed by atoms with van der Waals surface area (Å²) in [6, 6.07) is 4.39. The van der Waals surface area contributed by atoms with E-state index < -0.39 is 15.6 Å². The van der Waals surface area contributed by atoms with Gasteiger partial charge in [-0.15, -0.1) is 0 Å². The zero-order valence-electron chi connectivity index (χ0n) is 6.84. The Morgan fingerprint density at radius 3 is 2.57 bits per heavy atom. The van der Waals surface area contributed by atoms with Crippen molar-refractivity contribution in [3.05, 3.63) is 37.4 Å². The van der Waals surface area contributed by atoms with Gasteiger partial charge in [-0.2, -0.15) is 0 Å². The van der Waals surface area contributed by atoms with Crippen LogP contribution in [0.25, 0.3) is 0 Å². The van der Waals surface area contributed by atoms with Gasteiger partial charge in [0.15, 0.2) is 0 Å². The molecular formula is C7H6INO4S. The topological polar surface area (TPSA) is 77.3 Å². The van der Waals surface area contributed by atoms with Crippen LogP contribution in [0.5, 0.6) is 0 Å². The molecule has 0 saturated carbocycles. The van der Waals surface area contributed by atoms with E-state index >= 15 is 0 Å². The number of nitrogens with zero attached hydrogens (tertiary/aromatic N) is 1. The first-order valence-corrected chi connectivity index (χ1v) is 5.99. The lowest BCUT2D eigenvalue weighted by Gasteiger charge is -1.97. The number of thiol groups is 1. The largest absolute Gasteiger partial charge is 0.282 e. The van der Waals surface area contributed by atoms with E-state index in [2.05, 4.69) is 0 Å². The number of rotatable bonds is 3. The molecule has 0 aliphatic rings. The lowest BCUT2D eigenvalue weighted by atomic mass is 10.2. The smallest absolute Gasteiger partial charge is 0.258 e. The monoisotopic (exact) mass is 327 g/mol. The molecule has 1 aromatic carbocycles. The van der Waals surface area contributed by atoms with Crippen molar-refractivity contribution < 1.29 is 13.3 Å². The Morgan fingerprint density at radius 1 is 1.43 bits per heavy atom. The van der Waals surface area contributed by atoms with Gasteiger partial charge in [-0.1, -0.05) is 6.07 Å². The normalized spacial score (nSPS) is 10.4. The third kappa shape index (κ3) is 2.91. The van der Waals surface area contributed by atoms with Gasteiger partial charge < -0.3 is 0 Å². The molecule has 0 atom stereocenters. The van der Waals surface area contributed by atoms with Gasteiger partial charge in [0, 0.05) is 6.07 Å². The maximum absolute atomic E-state index is 10.5. The molecule has 0 bridgehead atoms. The van der Waals surface area contributed by atoms with E-state index in [1.54, 1.807) is 6.07 Å². The maximum Gasteiger partial charge on any atom is 0.282 e. The van der Waals surface area contributed by atoms with Crippen molar-refractivity contribution in [2.75, 3.05) is 0 Å². The molecule has 0 N–H and O–H groups in total. The highest BCUT2D eigenvalue weighted by Crippen LogP contribution is 2.22. The fourth-order valence-electron chi connectivity index (χ4n) is 0.946. The van der Waals surface area contributed by atoms with Gasteiger partial charge in [-0.05, 0) is 34.2 Å². The van der Waals surface area contributed by atoms with Crippen LogP contribution in [-0.2, 0) is 16.5 Å². The Balaban J connectivity index is 3.12. The summed E-state index contributed by atoms with van der Waals surface area (Å²) in [5.41, 5.74) is 0.383. The van der Waals surface area contributed by atoms with Gasteiger partial charge in [-0.3, -0.25) is 10.1 Å². The summed E-state index contributed by atoms with van der Waals surface area (Å²) in [6.07, 6.45) is 0. The van der Waals surface area contributed by atoms with E-state index in [1.807, 2.05) is 22.6 Å². The lowest BCUT2D eigenvalue weighted by Crippen LogP contribution is -1.94. The highest BCUT2D eigenvalue weighted by molar-refractivity contribution is 14.1. The second kappa shape index (κ2) is 4.69. The van der Waals surface area contributed by atoms with Crippen LogP contribution in [0.3, 0.4) is 0 Å². The van der Waals surface area contributed by atoms with Crippen molar-refractivity contribution in [3.8, 4) is 0 Å². The zero-order valence-corrected chi connectivity index (χ0v) is 9.90. The molecule has 5 nitrogen and oxygen atoms in total. The molecule has 0 spiro atoms. The molecule has 14 heavy (non-hydrogen) atoms. The molecule has 0 heterocycles. The number of halogens is 1. The van der Waals surface area contributed by atoms with Gasteiger partial charge >= 0.3 is 0 Å². The molecule has 0 aliphatic heterocycles. The minimum absolute atomic E-state index is 0.0556. The molecule has 0 aromatic heterocycles. The van der Waals surface area contributed by atoms with E-state index in [1.165, 1.54) is 12.1 Å². The predicted octanol–water partition coefficient (Wildman–Crippen LogP) is 1.31. The second-order valence-electron chi connectivity index (χ2n) is 2.53. The lowest BCUT2D eigenvalue weighted by molar-refractivity contribution is -0.385. The fraction of sp³-hybridized carbons (Fsp3) is 0.143. The number of benzene rings is 1. The SMILES string of the molecule is O=[N+]([O-])c1cc(C[SH](=O)=O)ccc1I. The van der Waals surface area contributed by atoms with Crippen molar-refractivity contribution in [2.45, 2.75) is 5.75 Å². The highest BCUT2D eigenvalue weighted by Gasteiger charge is 2.12. The summed E-state index contributed by atoms with van der Waals surface area (Å²) in [4.78, 5) is 9.98. The molecule has 1 aromatic rings. The second-order valence-corrected chi connectivity index (χ2v) is 4.68. The van der Waals surface area contributed by atoms with E-state index in [0.29, 0.717) is 9.13 Å². The number of nitro benzene ring substituents is 1. The van der Waals surface area contributed by atoms with Crippen LogP contribution >= 0.6 is 22.6 Å². The van der Waals surface area contributed by atoms with Gasteiger partial charge in [-0.25, -0.2) is 8.42 Å². The van der Waals surface area contributed by atoms with Gasteiger partial charge in [0.25, 0.3) is 5.69 Å². The molecule has 0 fully saturated rings. The molecule has 0 amide bonds. The Labute approximate surface area is 95.4 Å². The van der Waals surface area contributed by atoms with Crippen LogP contribution in [0.4, 0.5) is 5.69 Å². The highest BCUT2D eigenvalue weighted by atomic mass is 127. The summed E-state index contributed by atoms with van der Waals surface area (Å²) < 4.78 is 21.3. The van der Waals surface area contributed by atoms with Crippen molar-refractivity contribution in [3.63, 3.8) is 0 Å². The Morgan fingerprint density at radius 2 is 2.07 bits per heavy atom. The van der Waals surface area contributed by atoms with Crippen molar-refractivity contribution in [2.24, 2.45) is 0 Å². The first-order valence-electron chi connectivity index (χ1n) is 3.55. The van der Waals surface area contributed by atoms with Crippen LogP contribution in [-0.4, -0.2) is 13.3 Å². The molecule has 0 radical (unpaired) electrons. The van der Waals surface area contributed by atoms with Crippen LogP contribution in [0.1, 0.15) is 5.56 Å². The molecular weight excluding hydrogens is 321 g/mol. The fourth-order valence-corrected chi connectivity index (χ4v) is 1.97. The predicted molar refractivity (Wildman–Crippen MR) is 59.8 cm³/mol. The maximum atomic E-state index is 10.5. The number of nitro groups is 1. The van der Waals surface area contributed by atoms with Gasteiger partial charge in [0.05, 0.1) is 14.2 Å². The van der Waals surface area contributed by atoms with Crippen molar-refractivity contribution in [1.29, 1.82) is 0 Å². The Bertz CT molecular complexity index is 435. The van der Waals surface area contributed by atoms with Gasteiger partial charge in [0.2, 0.25) is 0 Å². The third-order valence-corrected chi connectivity index (χ3v) is 3.05. The van der Waals surface area contributed by atoms with E-state index in [-0.39, 0.29) is 11.4 Å². The van der Waals surface area contributed by atoms with E-state index in [4.69, 9.17) is 0 Å². The third-order valence-electron chi connectivity index (χ3n) is 1.52. The molecule has 1 rings (SSSR count).